The quantitative estimate of drug-likeness (QED) is 0.546. The Morgan fingerprint density at radius 1 is 1.21 bits per heavy atom. The largest absolute Gasteiger partial charge is 0.497 e. The van der Waals surface area contributed by atoms with Crippen molar-refractivity contribution in [3.63, 3.8) is 0 Å². The van der Waals surface area contributed by atoms with Crippen molar-refractivity contribution in [3.8, 4) is 17.6 Å². The molecule has 1 heterocycles. The molecular weight excluding hydrogens is 372 g/mol. The Balaban J connectivity index is 1.93. The SMILES string of the molecule is COc1ccc(C(=O)C[C@@]2(O)C(=O)N(CCCC#N)c3ccccc32)c(OC)c1. The number of amides is 1. The predicted octanol–water partition coefficient (Wildman–Crippen LogP) is 2.81. The zero-order valence-corrected chi connectivity index (χ0v) is 16.3. The topological polar surface area (TPSA) is 99.9 Å². The van der Waals surface area contributed by atoms with Crippen molar-refractivity contribution in [3.05, 3.63) is 53.6 Å². The molecule has 7 nitrogen and oxygen atoms in total. The normalized spacial score (nSPS) is 17.6. The van der Waals surface area contributed by atoms with Gasteiger partial charge in [0.1, 0.15) is 11.5 Å². The Morgan fingerprint density at radius 3 is 2.66 bits per heavy atom. The van der Waals surface area contributed by atoms with Gasteiger partial charge in [-0.3, -0.25) is 9.59 Å². The monoisotopic (exact) mass is 394 g/mol. The molecule has 0 fully saturated rings. The second-order valence-corrected chi connectivity index (χ2v) is 6.76. The maximum absolute atomic E-state index is 13.1. The van der Waals surface area contributed by atoms with Gasteiger partial charge in [0.15, 0.2) is 11.4 Å². The van der Waals surface area contributed by atoms with Crippen molar-refractivity contribution in [2.75, 3.05) is 25.7 Å². The lowest BCUT2D eigenvalue weighted by molar-refractivity contribution is -0.135. The molecule has 1 aliphatic heterocycles. The number of hydrogen-bond acceptors (Lipinski definition) is 6. The number of fused-ring (bicyclic) bond motifs is 1. The number of carbonyl (C=O) groups is 2. The highest BCUT2D eigenvalue weighted by Crippen LogP contribution is 2.43. The number of carbonyl (C=O) groups excluding carboxylic acids is 2. The summed E-state index contributed by atoms with van der Waals surface area (Å²) in [6.07, 6.45) is 0.361. The summed E-state index contributed by atoms with van der Waals surface area (Å²) in [5, 5.41) is 20.1. The number of unbranched alkanes of at least 4 members (excludes halogenated alkanes) is 1. The van der Waals surface area contributed by atoms with E-state index in [4.69, 9.17) is 14.7 Å². The van der Waals surface area contributed by atoms with E-state index in [-0.39, 0.29) is 5.56 Å². The van der Waals surface area contributed by atoms with Crippen LogP contribution in [0.3, 0.4) is 0 Å². The fourth-order valence-corrected chi connectivity index (χ4v) is 3.57. The van der Waals surface area contributed by atoms with Crippen LogP contribution < -0.4 is 14.4 Å². The lowest BCUT2D eigenvalue weighted by Crippen LogP contribution is -2.42. The number of para-hydroxylation sites is 1. The Morgan fingerprint density at radius 2 is 1.97 bits per heavy atom. The second kappa shape index (κ2) is 8.33. The Hall–Kier alpha value is -3.37. The minimum atomic E-state index is -1.97. The fraction of sp³-hybridized carbons (Fsp3) is 0.318. The highest BCUT2D eigenvalue weighted by Gasteiger charge is 2.50. The van der Waals surface area contributed by atoms with Gasteiger partial charge in [0.2, 0.25) is 0 Å². The Labute approximate surface area is 169 Å². The third-order valence-corrected chi connectivity index (χ3v) is 5.04. The molecule has 1 N–H and O–H groups in total. The van der Waals surface area contributed by atoms with Crippen molar-refractivity contribution in [1.29, 1.82) is 5.26 Å². The highest BCUT2D eigenvalue weighted by molar-refractivity contribution is 6.11. The zero-order valence-electron chi connectivity index (χ0n) is 16.3. The van der Waals surface area contributed by atoms with Crippen LogP contribution in [0.15, 0.2) is 42.5 Å². The summed E-state index contributed by atoms with van der Waals surface area (Å²) in [4.78, 5) is 27.6. The van der Waals surface area contributed by atoms with Gasteiger partial charge < -0.3 is 19.5 Å². The standard InChI is InChI=1S/C22H22N2O5/c1-28-15-9-10-16(20(13-15)29-2)19(25)14-22(27)17-7-3-4-8-18(17)24(21(22)26)12-6-5-11-23/h3-4,7-10,13,27H,5-6,12,14H2,1-2H3/t22-/m0/s1. The number of ether oxygens (including phenoxy) is 2. The molecule has 0 saturated carbocycles. The lowest BCUT2D eigenvalue weighted by Gasteiger charge is -2.23. The second-order valence-electron chi connectivity index (χ2n) is 6.76. The molecule has 1 aliphatic rings. The highest BCUT2D eigenvalue weighted by atomic mass is 16.5. The van der Waals surface area contributed by atoms with Gasteiger partial charge in [0, 0.05) is 24.6 Å². The Kier molecular flexibility index (Phi) is 5.85. The molecule has 2 aromatic carbocycles. The molecule has 0 bridgehead atoms. The number of nitriles is 1. The van der Waals surface area contributed by atoms with Crippen LogP contribution in [0.5, 0.6) is 11.5 Å². The molecule has 1 amide bonds. The van der Waals surface area contributed by atoms with E-state index in [0.717, 1.165) is 0 Å². The average molecular weight is 394 g/mol. The molecule has 2 aromatic rings. The molecule has 3 rings (SSSR count). The molecule has 0 spiro atoms. The van der Waals surface area contributed by atoms with Crippen LogP contribution in [-0.2, 0) is 10.4 Å². The summed E-state index contributed by atoms with van der Waals surface area (Å²) in [5.41, 5.74) is -0.754. The molecule has 0 aliphatic carbocycles. The van der Waals surface area contributed by atoms with Crippen molar-refractivity contribution >= 4 is 17.4 Å². The number of ketones is 1. The van der Waals surface area contributed by atoms with E-state index in [0.29, 0.717) is 42.1 Å². The van der Waals surface area contributed by atoms with Crippen molar-refractivity contribution in [2.24, 2.45) is 0 Å². The molecule has 0 radical (unpaired) electrons. The summed E-state index contributed by atoms with van der Waals surface area (Å²) < 4.78 is 10.4. The number of methoxy groups -OCH3 is 2. The van der Waals surface area contributed by atoms with Gasteiger partial charge in [-0.25, -0.2) is 0 Å². The van der Waals surface area contributed by atoms with Crippen LogP contribution in [0.25, 0.3) is 0 Å². The number of rotatable bonds is 8. The summed E-state index contributed by atoms with van der Waals surface area (Å²) in [5.74, 6) is -0.142. The molecule has 0 aromatic heterocycles. The van der Waals surface area contributed by atoms with E-state index in [1.807, 2.05) is 6.07 Å². The summed E-state index contributed by atoms with van der Waals surface area (Å²) in [6, 6.07) is 13.7. The van der Waals surface area contributed by atoms with Gasteiger partial charge >= 0.3 is 0 Å². The fourth-order valence-electron chi connectivity index (χ4n) is 3.57. The maximum Gasteiger partial charge on any atom is 0.264 e. The first-order valence-electron chi connectivity index (χ1n) is 9.22. The smallest absolute Gasteiger partial charge is 0.264 e. The van der Waals surface area contributed by atoms with Gasteiger partial charge in [0.05, 0.1) is 38.0 Å². The predicted molar refractivity (Wildman–Crippen MR) is 106 cm³/mol. The maximum atomic E-state index is 13.1. The van der Waals surface area contributed by atoms with Crippen molar-refractivity contribution in [2.45, 2.75) is 24.9 Å². The third kappa shape index (κ3) is 3.67. The number of anilines is 1. The summed E-state index contributed by atoms with van der Waals surface area (Å²) in [6.45, 7) is 0.297. The first-order chi connectivity index (χ1) is 14.0. The lowest BCUT2D eigenvalue weighted by atomic mass is 9.88. The molecule has 150 valence electrons. The first-order valence-corrected chi connectivity index (χ1v) is 9.22. The average Bonchev–Trinajstić information content (AvgIpc) is 2.95. The van der Waals surface area contributed by atoms with Gasteiger partial charge in [-0.2, -0.15) is 5.26 Å². The van der Waals surface area contributed by atoms with Gasteiger partial charge in [-0.15, -0.1) is 0 Å². The van der Waals surface area contributed by atoms with Gasteiger partial charge in [-0.05, 0) is 24.6 Å². The van der Waals surface area contributed by atoms with Crippen LogP contribution in [0, 0.1) is 11.3 Å². The number of hydrogen-bond donors (Lipinski definition) is 1. The van der Waals surface area contributed by atoms with Crippen molar-refractivity contribution in [1.82, 2.24) is 0 Å². The third-order valence-electron chi connectivity index (χ3n) is 5.04. The van der Waals surface area contributed by atoms with Gasteiger partial charge in [0.25, 0.3) is 5.91 Å². The van der Waals surface area contributed by atoms with Crippen LogP contribution in [0.2, 0.25) is 0 Å². The van der Waals surface area contributed by atoms with E-state index in [2.05, 4.69) is 0 Å². The van der Waals surface area contributed by atoms with E-state index in [1.54, 1.807) is 42.5 Å². The molecular formula is C22H22N2O5. The van der Waals surface area contributed by atoms with Crippen LogP contribution in [-0.4, -0.2) is 37.6 Å². The number of aliphatic hydroxyl groups is 1. The zero-order chi connectivity index (χ0) is 21.0. The molecule has 7 heteroatoms. The Bertz CT molecular complexity index is 981. The summed E-state index contributed by atoms with van der Waals surface area (Å²) >= 11 is 0. The number of benzene rings is 2. The minimum absolute atomic E-state index is 0.259. The molecule has 29 heavy (non-hydrogen) atoms. The molecule has 0 saturated heterocycles. The van der Waals surface area contributed by atoms with Crippen LogP contribution in [0.4, 0.5) is 5.69 Å². The first kappa shape index (κ1) is 20.4. The minimum Gasteiger partial charge on any atom is -0.497 e. The van der Waals surface area contributed by atoms with Crippen LogP contribution in [0.1, 0.15) is 35.2 Å². The number of nitrogens with zero attached hydrogens (tertiary/aromatic N) is 2. The van der Waals surface area contributed by atoms with E-state index >= 15 is 0 Å². The molecule has 0 unspecified atom stereocenters. The van der Waals surface area contributed by atoms with E-state index < -0.39 is 23.7 Å². The van der Waals surface area contributed by atoms with E-state index in [9.17, 15) is 14.7 Å². The summed E-state index contributed by atoms with van der Waals surface area (Å²) in [7, 11) is 2.95. The molecule has 1 atom stereocenters. The van der Waals surface area contributed by atoms with Gasteiger partial charge in [-0.1, -0.05) is 18.2 Å². The van der Waals surface area contributed by atoms with Crippen LogP contribution >= 0.6 is 0 Å². The number of Topliss-reactive ketones (excluding diaryl/α,β-unsaturated/α-hetero) is 1. The van der Waals surface area contributed by atoms with E-state index in [1.165, 1.54) is 19.1 Å². The van der Waals surface area contributed by atoms with Crippen molar-refractivity contribution < 1.29 is 24.2 Å².